The van der Waals surface area contributed by atoms with Crippen LogP contribution >= 0.6 is 11.3 Å². The summed E-state index contributed by atoms with van der Waals surface area (Å²) >= 11 is 1.55. The Morgan fingerprint density at radius 3 is 3.00 bits per heavy atom. The number of amides is 2. The SMILES string of the molecule is CCN(C)C(=O)NC(C)c1nccs1. The van der Waals surface area contributed by atoms with E-state index in [0.717, 1.165) is 5.01 Å². The van der Waals surface area contributed by atoms with Gasteiger partial charge in [-0.15, -0.1) is 11.3 Å². The van der Waals surface area contributed by atoms with Crippen LogP contribution in [0.5, 0.6) is 0 Å². The minimum Gasteiger partial charge on any atom is -0.329 e. The van der Waals surface area contributed by atoms with Gasteiger partial charge in [-0.3, -0.25) is 0 Å². The first kappa shape index (κ1) is 11.0. The molecule has 4 nitrogen and oxygen atoms in total. The number of hydrogen-bond donors (Lipinski definition) is 1. The van der Waals surface area contributed by atoms with Gasteiger partial charge in [0.1, 0.15) is 5.01 Å². The number of carbonyl (C=O) groups is 1. The van der Waals surface area contributed by atoms with Crippen molar-refractivity contribution in [3.63, 3.8) is 0 Å². The second-order valence-electron chi connectivity index (χ2n) is 3.06. The van der Waals surface area contributed by atoms with Crippen LogP contribution in [0, 0.1) is 0 Å². The van der Waals surface area contributed by atoms with E-state index in [2.05, 4.69) is 10.3 Å². The van der Waals surface area contributed by atoms with Gasteiger partial charge in [0.05, 0.1) is 6.04 Å². The van der Waals surface area contributed by atoms with Gasteiger partial charge in [-0.05, 0) is 13.8 Å². The summed E-state index contributed by atoms with van der Waals surface area (Å²) in [5, 5.41) is 5.71. The highest BCUT2D eigenvalue weighted by atomic mass is 32.1. The van der Waals surface area contributed by atoms with Crippen LogP contribution in [0.15, 0.2) is 11.6 Å². The number of nitrogens with zero attached hydrogens (tertiary/aromatic N) is 2. The van der Waals surface area contributed by atoms with Crippen LogP contribution in [0.4, 0.5) is 4.79 Å². The van der Waals surface area contributed by atoms with Crippen molar-refractivity contribution in [1.29, 1.82) is 0 Å². The molecule has 5 heteroatoms. The summed E-state index contributed by atoms with van der Waals surface area (Å²) in [6.45, 7) is 4.57. The lowest BCUT2D eigenvalue weighted by Gasteiger charge is -2.18. The predicted octanol–water partition coefficient (Wildman–Crippen LogP) is 1.87. The van der Waals surface area contributed by atoms with Crippen molar-refractivity contribution in [2.75, 3.05) is 13.6 Å². The number of hydrogen-bond acceptors (Lipinski definition) is 3. The van der Waals surface area contributed by atoms with Gasteiger partial charge >= 0.3 is 6.03 Å². The summed E-state index contributed by atoms with van der Waals surface area (Å²) in [4.78, 5) is 17.2. The summed E-state index contributed by atoms with van der Waals surface area (Å²) in [7, 11) is 1.77. The van der Waals surface area contributed by atoms with Crippen molar-refractivity contribution >= 4 is 17.4 Å². The lowest BCUT2D eigenvalue weighted by Crippen LogP contribution is -2.38. The first-order valence-corrected chi connectivity index (χ1v) is 5.44. The molecule has 1 atom stereocenters. The zero-order valence-electron chi connectivity index (χ0n) is 8.65. The van der Waals surface area contributed by atoms with Crippen LogP contribution < -0.4 is 5.32 Å². The van der Waals surface area contributed by atoms with Crippen LogP contribution in [-0.4, -0.2) is 29.5 Å². The van der Waals surface area contributed by atoms with Crippen LogP contribution in [0.3, 0.4) is 0 Å². The van der Waals surface area contributed by atoms with Gasteiger partial charge < -0.3 is 10.2 Å². The van der Waals surface area contributed by atoms with Crippen molar-refractivity contribution in [1.82, 2.24) is 15.2 Å². The maximum atomic E-state index is 11.5. The summed E-state index contributed by atoms with van der Waals surface area (Å²) in [6.07, 6.45) is 1.74. The molecule has 1 unspecified atom stereocenters. The van der Waals surface area contributed by atoms with E-state index in [1.165, 1.54) is 0 Å². The van der Waals surface area contributed by atoms with Crippen LogP contribution in [-0.2, 0) is 0 Å². The molecule has 2 amide bonds. The zero-order valence-corrected chi connectivity index (χ0v) is 9.47. The smallest absolute Gasteiger partial charge is 0.317 e. The molecule has 14 heavy (non-hydrogen) atoms. The van der Waals surface area contributed by atoms with Crippen molar-refractivity contribution in [2.24, 2.45) is 0 Å². The Balaban J connectivity index is 2.49. The summed E-state index contributed by atoms with van der Waals surface area (Å²) in [6, 6.07) is -0.0771. The Hall–Kier alpha value is -1.10. The van der Waals surface area contributed by atoms with E-state index in [1.807, 2.05) is 19.2 Å². The van der Waals surface area contributed by atoms with Crippen molar-refractivity contribution in [3.8, 4) is 0 Å². The minimum atomic E-state index is -0.0600. The molecule has 0 aliphatic carbocycles. The monoisotopic (exact) mass is 213 g/mol. The lowest BCUT2D eigenvalue weighted by molar-refractivity contribution is 0.207. The molecule has 0 aliphatic rings. The molecule has 78 valence electrons. The second kappa shape index (κ2) is 4.95. The highest BCUT2D eigenvalue weighted by Gasteiger charge is 2.13. The molecule has 0 bridgehead atoms. The van der Waals surface area contributed by atoms with E-state index in [0.29, 0.717) is 6.54 Å². The second-order valence-corrected chi connectivity index (χ2v) is 3.98. The molecular formula is C9H15N3OS. The highest BCUT2D eigenvalue weighted by Crippen LogP contribution is 2.14. The normalized spacial score (nSPS) is 12.2. The Labute approximate surface area is 88.0 Å². The van der Waals surface area contributed by atoms with E-state index >= 15 is 0 Å². The van der Waals surface area contributed by atoms with Gasteiger partial charge in [0.25, 0.3) is 0 Å². The predicted molar refractivity (Wildman–Crippen MR) is 57.4 cm³/mol. The van der Waals surface area contributed by atoms with Gasteiger partial charge in [-0.2, -0.15) is 0 Å². The third-order valence-electron chi connectivity index (χ3n) is 1.98. The topological polar surface area (TPSA) is 45.2 Å². The number of thiazole rings is 1. The van der Waals surface area contributed by atoms with Crippen molar-refractivity contribution in [2.45, 2.75) is 19.9 Å². The van der Waals surface area contributed by atoms with E-state index in [1.54, 1.807) is 29.5 Å². The molecule has 0 spiro atoms. The fourth-order valence-corrected chi connectivity index (χ4v) is 1.59. The molecule has 1 aromatic rings. The average molecular weight is 213 g/mol. The highest BCUT2D eigenvalue weighted by molar-refractivity contribution is 7.09. The Bertz CT molecular complexity index is 286. The van der Waals surface area contributed by atoms with E-state index < -0.39 is 0 Å². The van der Waals surface area contributed by atoms with E-state index in [9.17, 15) is 4.79 Å². The molecule has 0 saturated carbocycles. The molecule has 1 heterocycles. The Morgan fingerprint density at radius 1 is 1.79 bits per heavy atom. The third-order valence-corrected chi connectivity index (χ3v) is 2.94. The van der Waals surface area contributed by atoms with Gasteiger partial charge in [-0.1, -0.05) is 0 Å². The molecule has 0 saturated heterocycles. The van der Waals surface area contributed by atoms with Crippen molar-refractivity contribution in [3.05, 3.63) is 16.6 Å². The fourth-order valence-electron chi connectivity index (χ4n) is 0.949. The molecule has 0 radical (unpaired) electrons. The van der Waals surface area contributed by atoms with E-state index in [4.69, 9.17) is 0 Å². The number of rotatable bonds is 3. The molecule has 1 aromatic heterocycles. The molecule has 1 N–H and O–H groups in total. The summed E-state index contributed by atoms with van der Waals surface area (Å²) < 4.78 is 0. The molecule has 1 rings (SSSR count). The fraction of sp³-hybridized carbons (Fsp3) is 0.556. The number of aromatic nitrogens is 1. The first-order chi connectivity index (χ1) is 6.65. The summed E-state index contributed by atoms with van der Waals surface area (Å²) in [5.41, 5.74) is 0. The van der Waals surface area contributed by atoms with Gasteiger partial charge in [0.15, 0.2) is 0 Å². The quantitative estimate of drug-likeness (QED) is 0.833. The summed E-state index contributed by atoms with van der Waals surface area (Å²) in [5.74, 6) is 0. The zero-order chi connectivity index (χ0) is 10.6. The molecule has 0 fully saturated rings. The molecule has 0 aromatic carbocycles. The minimum absolute atomic E-state index is 0.0171. The maximum absolute atomic E-state index is 11.5. The number of nitrogens with one attached hydrogen (secondary N) is 1. The lowest BCUT2D eigenvalue weighted by atomic mass is 10.3. The van der Waals surface area contributed by atoms with Gasteiger partial charge in [0.2, 0.25) is 0 Å². The maximum Gasteiger partial charge on any atom is 0.317 e. The standard InChI is InChI=1S/C9H15N3OS/c1-4-12(3)9(13)11-7(2)8-10-5-6-14-8/h5-7H,4H2,1-3H3,(H,11,13). The van der Waals surface area contributed by atoms with E-state index in [-0.39, 0.29) is 12.1 Å². The Kier molecular flexibility index (Phi) is 3.88. The first-order valence-electron chi connectivity index (χ1n) is 4.56. The molecular weight excluding hydrogens is 198 g/mol. The Morgan fingerprint density at radius 2 is 2.50 bits per heavy atom. The largest absolute Gasteiger partial charge is 0.329 e. The third kappa shape index (κ3) is 2.70. The average Bonchev–Trinajstić information content (AvgIpc) is 2.69. The van der Waals surface area contributed by atoms with Gasteiger partial charge in [0, 0.05) is 25.2 Å². The number of carbonyl (C=O) groups excluding carboxylic acids is 1. The van der Waals surface area contributed by atoms with Crippen LogP contribution in [0.25, 0.3) is 0 Å². The van der Waals surface area contributed by atoms with Crippen LogP contribution in [0.1, 0.15) is 24.9 Å². The molecule has 0 aliphatic heterocycles. The van der Waals surface area contributed by atoms with Crippen molar-refractivity contribution < 1.29 is 4.79 Å². The number of urea groups is 1. The van der Waals surface area contributed by atoms with Crippen LogP contribution in [0.2, 0.25) is 0 Å². The van der Waals surface area contributed by atoms with Gasteiger partial charge in [-0.25, -0.2) is 9.78 Å².